The van der Waals surface area contributed by atoms with Crippen LogP contribution in [-0.2, 0) is 6.42 Å². The van der Waals surface area contributed by atoms with Crippen LogP contribution in [0.5, 0.6) is 11.5 Å². The summed E-state index contributed by atoms with van der Waals surface area (Å²) in [7, 11) is 0. The van der Waals surface area contributed by atoms with Gasteiger partial charge in [0.2, 0.25) is 23.1 Å². The monoisotopic (exact) mass is 284 g/mol. The van der Waals surface area contributed by atoms with Gasteiger partial charge in [0.1, 0.15) is 11.5 Å². The van der Waals surface area contributed by atoms with Crippen LogP contribution in [0.2, 0.25) is 5.02 Å². The molecule has 2 rings (SSSR count). The van der Waals surface area contributed by atoms with E-state index < -0.39 is 45.7 Å². The van der Waals surface area contributed by atoms with Gasteiger partial charge in [-0.2, -0.15) is 0 Å². The lowest BCUT2D eigenvalue weighted by molar-refractivity contribution is 0.0875. The van der Waals surface area contributed by atoms with Gasteiger partial charge in [0.25, 0.3) is 0 Å². The van der Waals surface area contributed by atoms with E-state index >= 15 is 0 Å². The van der Waals surface area contributed by atoms with E-state index in [0.29, 0.717) is 0 Å². The van der Waals surface area contributed by atoms with E-state index in [1.165, 1.54) is 0 Å². The minimum absolute atomic E-state index is 0.0771. The van der Waals surface area contributed by atoms with Crippen molar-refractivity contribution >= 4 is 23.2 Å². The smallest absolute Gasteiger partial charge is 0.236 e. The van der Waals surface area contributed by atoms with Gasteiger partial charge >= 0.3 is 0 Å². The fourth-order valence-electron chi connectivity index (χ4n) is 1.96. The molecule has 1 aliphatic carbocycles. The molecule has 0 aromatic heterocycles. The van der Waals surface area contributed by atoms with Crippen LogP contribution < -0.4 is 0 Å². The molecule has 0 unspecified atom stereocenters. The zero-order valence-electron chi connectivity index (χ0n) is 9.69. The highest BCUT2D eigenvalue weighted by Crippen LogP contribution is 2.44. The summed E-state index contributed by atoms with van der Waals surface area (Å²) in [6.07, 6.45) is 0.198. The number of phenols is 2. The second kappa shape index (κ2) is 4.17. The molecule has 6 nitrogen and oxygen atoms in total. The number of carbonyl (C=O) groups is 2. The number of Topliss-reactive ketones (excluding diaryl/α,β-unsaturated/α-hetero) is 2. The maximum absolute atomic E-state index is 11.8. The second-order valence-electron chi connectivity index (χ2n) is 3.95. The molecule has 1 aliphatic rings. The topological polar surface area (TPSA) is 115 Å². The zero-order chi connectivity index (χ0) is 14.5. The second-order valence-corrected chi connectivity index (χ2v) is 4.33. The molecule has 0 saturated heterocycles. The van der Waals surface area contributed by atoms with Gasteiger partial charge < -0.3 is 20.4 Å². The minimum Gasteiger partial charge on any atom is -0.507 e. The van der Waals surface area contributed by atoms with E-state index in [9.17, 15) is 30.0 Å². The molecule has 7 heteroatoms. The maximum Gasteiger partial charge on any atom is 0.236 e. The number of rotatable bonds is 1. The fourth-order valence-corrected chi connectivity index (χ4v) is 2.28. The number of halogens is 1. The molecular weight excluding hydrogens is 276 g/mol. The van der Waals surface area contributed by atoms with Crippen molar-refractivity contribution in [3.8, 4) is 11.5 Å². The first-order valence-electron chi connectivity index (χ1n) is 5.30. The Labute approximate surface area is 112 Å². The summed E-state index contributed by atoms with van der Waals surface area (Å²) in [5.41, 5.74) is -1.09. The van der Waals surface area contributed by atoms with Crippen molar-refractivity contribution in [3.63, 3.8) is 0 Å². The summed E-state index contributed by atoms with van der Waals surface area (Å²) in [5, 5.41) is 38.2. The number of benzene rings is 1. The Morgan fingerprint density at radius 3 is 1.74 bits per heavy atom. The van der Waals surface area contributed by atoms with Crippen LogP contribution in [0.4, 0.5) is 0 Å². The number of aromatic hydroxyl groups is 2. The highest BCUT2D eigenvalue weighted by molar-refractivity contribution is 6.36. The number of hydrogen-bond donors (Lipinski definition) is 4. The molecule has 19 heavy (non-hydrogen) atoms. The van der Waals surface area contributed by atoms with E-state index in [-0.39, 0.29) is 17.0 Å². The number of carbonyl (C=O) groups excluding carboxylic acids is 2. The van der Waals surface area contributed by atoms with Crippen molar-refractivity contribution in [1.82, 2.24) is 0 Å². The molecule has 0 bridgehead atoms. The highest BCUT2D eigenvalue weighted by atomic mass is 35.5. The maximum atomic E-state index is 11.8. The van der Waals surface area contributed by atoms with Gasteiger partial charge in [-0.25, -0.2) is 0 Å². The molecule has 0 spiro atoms. The van der Waals surface area contributed by atoms with E-state index in [1.807, 2.05) is 0 Å². The summed E-state index contributed by atoms with van der Waals surface area (Å²) in [6, 6.07) is 0. The van der Waals surface area contributed by atoms with Crippen LogP contribution in [0.3, 0.4) is 0 Å². The van der Waals surface area contributed by atoms with Crippen LogP contribution in [0, 0.1) is 0 Å². The molecule has 0 saturated carbocycles. The van der Waals surface area contributed by atoms with Gasteiger partial charge in [-0.3, -0.25) is 9.59 Å². The Hall–Kier alpha value is -2.21. The van der Waals surface area contributed by atoms with Crippen LogP contribution >= 0.6 is 11.6 Å². The number of phenolic OH excluding ortho intramolecular Hbond substituents is 2. The number of fused-ring (bicyclic) bond motifs is 1. The number of ketones is 2. The molecule has 1 aromatic carbocycles. The van der Waals surface area contributed by atoms with Crippen LogP contribution in [-0.4, -0.2) is 32.0 Å². The fraction of sp³-hybridized carbons (Fsp3) is 0.167. The van der Waals surface area contributed by atoms with E-state index in [4.69, 9.17) is 11.6 Å². The molecule has 4 N–H and O–H groups in total. The Morgan fingerprint density at radius 2 is 1.32 bits per heavy atom. The van der Waals surface area contributed by atoms with Crippen LogP contribution in [0.15, 0.2) is 11.5 Å². The molecule has 0 radical (unpaired) electrons. The van der Waals surface area contributed by atoms with Crippen molar-refractivity contribution in [3.05, 3.63) is 33.2 Å². The third-order valence-electron chi connectivity index (χ3n) is 2.94. The summed E-state index contributed by atoms with van der Waals surface area (Å²) in [6.45, 7) is 1.62. The van der Waals surface area contributed by atoms with Crippen LogP contribution in [0.25, 0.3) is 0 Å². The first-order valence-corrected chi connectivity index (χ1v) is 5.68. The molecule has 0 fully saturated rings. The van der Waals surface area contributed by atoms with Crippen LogP contribution in [0.1, 0.15) is 33.2 Å². The molecule has 0 atom stereocenters. The quantitative estimate of drug-likeness (QED) is 0.586. The van der Waals surface area contributed by atoms with Crippen molar-refractivity contribution in [2.45, 2.75) is 13.3 Å². The SMILES string of the molecule is CCc1c(O)c2c(c(O)c1Cl)C(=O)C(O)=C(O)C2=O. The Morgan fingerprint density at radius 1 is 0.895 bits per heavy atom. The summed E-state index contributed by atoms with van der Waals surface area (Å²) in [5.74, 6) is -5.97. The lowest BCUT2D eigenvalue weighted by Gasteiger charge is -2.19. The van der Waals surface area contributed by atoms with Crippen molar-refractivity contribution in [2.24, 2.45) is 0 Å². The van der Waals surface area contributed by atoms with Crippen molar-refractivity contribution < 1.29 is 30.0 Å². The minimum atomic E-state index is -1.19. The number of hydrogen-bond acceptors (Lipinski definition) is 6. The van der Waals surface area contributed by atoms with Gasteiger partial charge in [0, 0.05) is 5.56 Å². The van der Waals surface area contributed by atoms with Gasteiger partial charge in [0.05, 0.1) is 16.1 Å². The molecular formula is C12H9ClO6. The van der Waals surface area contributed by atoms with E-state index in [1.54, 1.807) is 6.92 Å². The van der Waals surface area contributed by atoms with Crippen molar-refractivity contribution in [1.29, 1.82) is 0 Å². The average Bonchev–Trinajstić information content (AvgIpc) is 2.38. The molecule has 100 valence electrons. The summed E-state index contributed by atoms with van der Waals surface area (Å²) >= 11 is 5.80. The lowest BCUT2D eigenvalue weighted by Crippen LogP contribution is -2.23. The number of allylic oxidation sites excluding steroid dienone is 2. The third kappa shape index (κ3) is 1.57. The zero-order valence-corrected chi connectivity index (χ0v) is 10.4. The summed E-state index contributed by atoms with van der Waals surface area (Å²) < 4.78 is 0. The normalized spacial score (nSPS) is 14.8. The summed E-state index contributed by atoms with van der Waals surface area (Å²) in [4.78, 5) is 23.5. The molecule has 0 aliphatic heterocycles. The number of aliphatic hydroxyl groups is 2. The highest BCUT2D eigenvalue weighted by Gasteiger charge is 2.39. The largest absolute Gasteiger partial charge is 0.507 e. The Kier molecular flexibility index (Phi) is 2.90. The van der Waals surface area contributed by atoms with Gasteiger partial charge in [-0.15, -0.1) is 0 Å². The first kappa shape index (κ1) is 13.2. The number of aliphatic hydroxyl groups excluding tert-OH is 2. The Balaban J connectivity index is 2.94. The predicted molar refractivity (Wildman–Crippen MR) is 65.1 cm³/mol. The van der Waals surface area contributed by atoms with Gasteiger partial charge in [-0.05, 0) is 6.42 Å². The predicted octanol–water partition coefficient (Wildman–Crippen LogP) is 2.02. The van der Waals surface area contributed by atoms with E-state index in [0.717, 1.165) is 0 Å². The molecule has 0 heterocycles. The lowest BCUT2D eigenvalue weighted by atomic mass is 9.88. The first-order chi connectivity index (χ1) is 8.82. The van der Waals surface area contributed by atoms with E-state index in [2.05, 4.69) is 0 Å². The van der Waals surface area contributed by atoms with Gasteiger partial charge in [-0.1, -0.05) is 18.5 Å². The standard InChI is InChI=1S/C12H9ClO6/c1-2-3-6(13)8(15)5-4(7(3)14)9(16)11(18)12(19)10(5)17/h14-15,18-19H,2H2,1H3. The van der Waals surface area contributed by atoms with Gasteiger partial charge in [0.15, 0.2) is 0 Å². The van der Waals surface area contributed by atoms with Crippen molar-refractivity contribution in [2.75, 3.05) is 0 Å². The molecule has 0 amide bonds. The molecule has 1 aromatic rings. The average molecular weight is 285 g/mol. The third-order valence-corrected chi connectivity index (χ3v) is 3.35. The Bertz CT molecular complexity index is 659.